The fraction of sp³-hybridized carbons (Fsp3) is 0.0667. The fourth-order valence-corrected chi connectivity index (χ4v) is 2.72. The second-order valence-corrected chi connectivity index (χ2v) is 5.51. The molecule has 0 unspecified atom stereocenters. The van der Waals surface area contributed by atoms with Crippen molar-refractivity contribution in [2.24, 2.45) is 10.2 Å². The molecule has 0 aliphatic heterocycles. The van der Waals surface area contributed by atoms with Gasteiger partial charge in [0.15, 0.2) is 5.00 Å². The molecule has 0 atom stereocenters. The lowest BCUT2D eigenvalue weighted by molar-refractivity contribution is 0.0694. The molecular formula is C15H9N5O3S. The third-order valence-corrected chi connectivity index (χ3v) is 3.99. The van der Waals surface area contributed by atoms with Crippen molar-refractivity contribution in [2.45, 2.75) is 6.92 Å². The van der Waals surface area contributed by atoms with E-state index in [0.717, 1.165) is 11.5 Å². The Hall–Kier alpha value is -3.38. The van der Waals surface area contributed by atoms with E-state index in [2.05, 4.69) is 24.4 Å². The molecule has 24 heavy (non-hydrogen) atoms. The molecule has 2 heterocycles. The lowest BCUT2D eigenvalue weighted by Crippen LogP contribution is -1.95. The Labute approximate surface area is 139 Å². The maximum absolute atomic E-state index is 11.0. The molecule has 0 radical (unpaired) electrons. The SMILES string of the molecule is [C-]#[N+]c1c(C)ncc2c(N=Nc3ccc(O)c(C(=O)O)c3)snc12. The van der Waals surface area contributed by atoms with E-state index in [4.69, 9.17) is 11.7 Å². The maximum Gasteiger partial charge on any atom is 0.339 e. The Morgan fingerprint density at radius 3 is 2.88 bits per heavy atom. The topological polar surface area (TPSA) is 112 Å². The minimum Gasteiger partial charge on any atom is -0.507 e. The van der Waals surface area contributed by atoms with Gasteiger partial charge in [-0.3, -0.25) is 4.98 Å². The highest BCUT2D eigenvalue weighted by Gasteiger charge is 2.13. The first-order valence-corrected chi connectivity index (χ1v) is 7.39. The third kappa shape index (κ3) is 2.66. The van der Waals surface area contributed by atoms with E-state index >= 15 is 0 Å². The Morgan fingerprint density at radius 1 is 1.38 bits per heavy atom. The van der Waals surface area contributed by atoms with Crippen LogP contribution >= 0.6 is 11.5 Å². The Kier molecular flexibility index (Phi) is 3.89. The van der Waals surface area contributed by atoms with Crippen molar-refractivity contribution in [1.29, 1.82) is 0 Å². The molecule has 0 saturated carbocycles. The predicted octanol–water partition coefficient (Wildman–Crippen LogP) is 4.37. The number of hydrogen-bond acceptors (Lipinski definition) is 7. The molecule has 0 amide bonds. The lowest BCUT2D eigenvalue weighted by atomic mass is 10.2. The van der Waals surface area contributed by atoms with Crippen LogP contribution in [0.4, 0.5) is 16.4 Å². The number of pyridine rings is 1. The number of fused-ring (bicyclic) bond motifs is 1. The molecule has 0 saturated heterocycles. The molecule has 0 bridgehead atoms. The summed E-state index contributed by atoms with van der Waals surface area (Å²) in [5, 5.41) is 27.6. The van der Waals surface area contributed by atoms with Gasteiger partial charge in [-0.2, -0.15) is 0 Å². The summed E-state index contributed by atoms with van der Waals surface area (Å²) < 4.78 is 4.22. The number of carbonyl (C=O) groups is 1. The molecule has 2 aromatic heterocycles. The first-order valence-electron chi connectivity index (χ1n) is 6.61. The van der Waals surface area contributed by atoms with Crippen molar-refractivity contribution in [3.8, 4) is 5.75 Å². The van der Waals surface area contributed by atoms with Gasteiger partial charge in [0, 0.05) is 17.3 Å². The number of azo groups is 1. The number of phenols is 1. The number of carboxylic acids is 1. The van der Waals surface area contributed by atoms with Gasteiger partial charge in [-0.25, -0.2) is 14.0 Å². The molecule has 0 spiro atoms. The van der Waals surface area contributed by atoms with Crippen LogP contribution in [0, 0.1) is 13.5 Å². The van der Waals surface area contributed by atoms with Gasteiger partial charge in [-0.05, 0) is 36.7 Å². The van der Waals surface area contributed by atoms with Crippen molar-refractivity contribution < 1.29 is 15.0 Å². The van der Waals surface area contributed by atoms with Crippen LogP contribution in [-0.4, -0.2) is 25.5 Å². The van der Waals surface area contributed by atoms with Gasteiger partial charge in [0.2, 0.25) is 5.69 Å². The summed E-state index contributed by atoms with van der Waals surface area (Å²) in [6, 6.07) is 3.91. The molecule has 0 aliphatic carbocycles. The summed E-state index contributed by atoms with van der Waals surface area (Å²) in [7, 11) is 0. The highest BCUT2D eigenvalue weighted by atomic mass is 32.1. The zero-order chi connectivity index (χ0) is 17.3. The number of nitrogens with zero attached hydrogens (tertiary/aromatic N) is 5. The molecule has 0 fully saturated rings. The Morgan fingerprint density at radius 2 is 2.17 bits per heavy atom. The van der Waals surface area contributed by atoms with E-state index in [1.54, 1.807) is 13.1 Å². The molecule has 0 aliphatic rings. The number of aryl methyl sites for hydroxylation is 1. The van der Waals surface area contributed by atoms with Crippen LogP contribution in [0.5, 0.6) is 5.75 Å². The average Bonchev–Trinajstić information content (AvgIpc) is 2.97. The lowest BCUT2D eigenvalue weighted by Gasteiger charge is -1.99. The predicted molar refractivity (Wildman–Crippen MR) is 87.7 cm³/mol. The van der Waals surface area contributed by atoms with E-state index in [0.29, 0.717) is 27.3 Å². The minimum absolute atomic E-state index is 0.256. The van der Waals surface area contributed by atoms with E-state index in [1.165, 1.54) is 18.2 Å². The Bertz CT molecular complexity index is 1040. The van der Waals surface area contributed by atoms with Crippen LogP contribution in [0.3, 0.4) is 0 Å². The Balaban J connectivity index is 2.02. The van der Waals surface area contributed by atoms with Gasteiger partial charge in [-0.15, -0.1) is 10.2 Å². The first kappa shape index (κ1) is 15.5. The summed E-state index contributed by atoms with van der Waals surface area (Å²) in [5.74, 6) is -1.60. The second kappa shape index (κ2) is 6.02. The standard InChI is InChI=1S/C15H9N5O3S/c1-7-12(16-2)13-10(6-17-7)14(24-20-13)19-18-8-3-4-11(21)9(5-8)15(22)23/h3-6,21H,1H3,(H,22,23). The molecule has 3 aromatic rings. The van der Waals surface area contributed by atoms with Gasteiger partial charge in [0.05, 0.1) is 17.8 Å². The molecular weight excluding hydrogens is 330 g/mol. The molecule has 3 rings (SSSR count). The number of hydrogen-bond donors (Lipinski definition) is 2. The third-order valence-electron chi connectivity index (χ3n) is 3.24. The number of aromatic carboxylic acids is 1. The van der Waals surface area contributed by atoms with Gasteiger partial charge >= 0.3 is 5.97 Å². The fourth-order valence-electron chi connectivity index (χ4n) is 2.04. The molecule has 2 N–H and O–H groups in total. The highest BCUT2D eigenvalue weighted by molar-refractivity contribution is 7.11. The van der Waals surface area contributed by atoms with Crippen molar-refractivity contribution >= 4 is 44.8 Å². The minimum atomic E-state index is -1.26. The smallest absolute Gasteiger partial charge is 0.339 e. The molecule has 118 valence electrons. The molecule has 1 aromatic carbocycles. The van der Waals surface area contributed by atoms with E-state index in [1.807, 2.05) is 0 Å². The molecule has 9 heteroatoms. The van der Waals surface area contributed by atoms with Gasteiger partial charge in [-0.1, -0.05) is 0 Å². The van der Waals surface area contributed by atoms with Crippen LogP contribution < -0.4 is 0 Å². The zero-order valence-corrected chi connectivity index (χ0v) is 13.1. The van der Waals surface area contributed by atoms with E-state index in [9.17, 15) is 9.90 Å². The van der Waals surface area contributed by atoms with Gasteiger partial charge < -0.3 is 10.2 Å². The first-order chi connectivity index (χ1) is 11.5. The van der Waals surface area contributed by atoms with Crippen molar-refractivity contribution in [1.82, 2.24) is 9.36 Å². The summed E-state index contributed by atoms with van der Waals surface area (Å²) in [4.78, 5) is 18.6. The number of carboxylic acid groups (broad SMARTS) is 1. The van der Waals surface area contributed by atoms with Crippen LogP contribution in [0.15, 0.2) is 34.6 Å². The summed E-state index contributed by atoms with van der Waals surface area (Å²) in [5.41, 5.74) is 1.51. The summed E-state index contributed by atoms with van der Waals surface area (Å²) >= 11 is 1.07. The number of benzene rings is 1. The van der Waals surface area contributed by atoms with Crippen molar-refractivity contribution in [2.75, 3.05) is 0 Å². The summed E-state index contributed by atoms with van der Waals surface area (Å²) in [6.45, 7) is 8.95. The van der Waals surface area contributed by atoms with E-state index < -0.39 is 5.97 Å². The normalized spacial score (nSPS) is 11.0. The van der Waals surface area contributed by atoms with Crippen LogP contribution in [0.1, 0.15) is 16.1 Å². The molecule has 8 nitrogen and oxygen atoms in total. The van der Waals surface area contributed by atoms with Crippen molar-refractivity contribution in [3.63, 3.8) is 0 Å². The van der Waals surface area contributed by atoms with Crippen molar-refractivity contribution in [3.05, 3.63) is 47.1 Å². The summed E-state index contributed by atoms with van der Waals surface area (Å²) in [6.07, 6.45) is 1.58. The van der Waals surface area contributed by atoms with Gasteiger partial charge in [0.1, 0.15) is 11.3 Å². The largest absolute Gasteiger partial charge is 0.507 e. The zero-order valence-electron chi connectivity index (χ0n) is 12.3. The van der Waals surface area contributed by atoms with Crippen LogP contribution in [0.25, 0.3) is 15.7 Å². The van der Waals surface area contributed by atoms with Crippen LogP contribution in [-0.2, 0) is 0 Å². The average molecular weight is 339 g/mol. The number of aromatic nitrogens is 2. The van der Waals surface area contributed by atoms with E-state index in [-0.39, 0.29) is 17.0 Å². The second-order valence-electron chi connectivity index (χ2n) is 4.76. The van der Waals surface area contributed by atoms with Gasteiger partial charge in [0.25, 0.3) is 0 Å². The number of aromatic hydroxyl groups is 1. The number of rotatable bonds is 3. The monoisotopic (exact) mass is 339 g/mol. The maximum atomic E-state index is 11.0. The van der Waals surface area contributed by atoms with Crippen LogP contribution in [0.2, 0.25) is 0 Å². The quantitative estimate of drug-likeness (QED) is 0.543. The highest BCUT2D eigenvalue weighted by Crippen LogP contribution is 2.37.